The summed E-state index contributed by atoms with van der Waals surface area (Å²) in [5.74, 6) is -3.91. The van der Waals surface area contributed by atoms with Gasteiger partial charge in [0.1, 0.15) is 11.9 Å². The zero-order valence-corrected chi connectivity index (χ0v) is 26.6. The summed E-state index contributed by atoms with van der Waals surface area (Å²) in [7, 11) is 0. The number of ketones is 2. The minimum Gasteiger partial charge on any atom is -0.462 e. The van der Waals surface area contributed by atoms with Gasteiger partial charge in [-0.1, -0.05) is 47.3 Å². The molecule has 10 nitrogen and oxygen atoms in total. The summed E-state index contributed by atoms with van der Waals surface area (Å²) >= 11 is 0. The minimum atomic E-state index is -1.58. The molecule has 1 aliphatic rings. The molecule has 1 aliphatic heterocycles. The van der Waals surface area contributed by atoms with E-state index < -0.39 is 60.6 Å². The molecule has 0 saturated carbocycles. The van der Waals surface area contributed by atoms with E-state index in [2.05, 4.69) is 18.2 Å². The van der Waals surface area contributed by atoms with Crippen LogP contribution >= 0.6 is 0 Å². The number of aliphatic hydroxyl groups excluding tert-OH is 3. The molecule has 1 rings (SSSR count). The Kier molecular flexibility index (Phi) is 15.9. The highest BCUT2D eigenvalue weighted by Crippen LogP contribution is 2.25. The summed E-state index contributed by atoms with van der Waals surface area (Å²) in [4.78, 5) is 60.6. The number of aliphatic hydroxyl groups is 3. The molecular formula is C33H50O10. The van der Waals surface area contributed by atoms with Crippen molar-refractivity contribution in [3.8, 4) is 0 Å². The van der Waals surface area contributed by atoms with E-state index in [1.54, 1.807) is 26.0 Å². The molecule has 0 aromatic carbocycles. The van der Waals surface area contributed by atoms with Gasteiger partial charge in [-0.2, -0.15) is 0 Å². The Morgan fingerprint density at radius 2 is 1.53 bits per heavy atom. The lowest BCUT2D eigenvalue weighted by molar-refractivity contribution is -0.154. The fourth-order valence-electron chi connectivity index (χ4n) is 5.10. The van der Waals surface area contributed by atoms with Crippen molar-refractivity contribution < 1.29 is 48.8 Å². The van der Waals surface area contributed by atoms with Gasteiger partial charge in [0.25, 0.3) is 0 Å². The fraction of sp³-hybridized carbons (Fsp3) is 0.667. The van der Waals surface area contributed by atoms with Gasteiger partial charge < -0.3 is 24.8 Å². The van der Waals surface area contributed by atoms with Crippen molar-refractivity contribution in [1.82, 2.24) is 0 Å². The first-order chi connectivity index (χ1) is 20.0. The molecule has 0 aromatic rings. The van der Waals surface area contributed by atoms with Gasteiger partial charge in [-0.15, -0.1) is 0 Å². The normalized spacial score (nSPS) is 19.5. The van der Waals surface area contributed by atoms with Crippen LogP contribution < -0.4 is 0 Å². The van der Waals surface area contributed by atoms with Crippen LogP contribution in [0.4, 0.5) is 0 Å². The molecule has 0 aliphatic carbocycles. The fourth-order valence-corrected chi connectivity index (χ4v) is 5.10. The molecule has 0 fully saturated rings. The molecular weight excluding hydrogens is 556 g/mol. The van der Waals surface area contributed by atoms with Crippen LogP contribution in [0.15, 0.2) is 35.5 Å². The van der Waals surface area contributed by atoms with Gasteiger partial charge in [0, 0.05) is 30.3 Å². The van der Waals surface area contributed by atoms with E-state index >= 15 is 0 Å². The smallest absolute Gasteiger partial charge is 0.345 e. The number of ether oxygens (including phenoxy) is 2. The first-order valence-electron chi connectivity index (χ1n) is 15.1. The van der Waals surface area contributed by atoms with Crippen LogP contribution in [-0.2, 0) is 33.4 Å². The van der Waals surface area contributed by atoms with Crippen molar-refractivity contribution in [2.24, 2.45) is 23.7 Å². The molecule has 10 heteroatoms. The molecule has 7 unspecified atom stereocenters. The summed E-state index contributed by atoms with van der Waals surface area (Å²) < 4.78 is 9.71. The van der Waals surface area contributed by atoms with Crippen molar-refractivity contribution in [2.75, 3.05) is 0 Å². The first-order valence-corrected chi connectivity index (χ1v) is 15.1. The van der Waals surface area contributed by atoms with Gasteiger partial charge in [-0.25, -0.2) is 9.59 Å². The predicted molar refractivity (Wildman–Crippen MR) is 160 cm³/mol. The molecule has 0 radical (unpaired) electrons. The Balaban J connectivity index is 2.51. The van der Waals surface area contributed by atoms with Gasteiger partial charge in [-0.3, -0.25) is 14.4 Å². The van der Waals surface area contributed by atoms with Gasteiger partial charge in [0.2, 0.25) is 0 Å². The van der Waals surface area contributed by atoms with E-state index in [0.29, 0.717) is 19.3 Å². The highest BCUT2D eigenvalue weighted by molar-refractivity contribution is 6.12. The lowest BCUT2D eigenvalue weighted by atomic mass is 9.85. The molecule has 0 spiro atoms. The van der Waals surface area contributed by atoms with Crippen LogP contribution in [0.25, 0.3) is 0 Å². The Hall–Kier alpha value is -2.95. The summed E-state index contributed by atoms with van der Waals surface area (Å²) in [6.45, 7) is 15.8. The number of cyclic esters (lactones) is 2. The van der Waals surface area contributed by atoms with Gasteiger partial charge in [0.05, 0.1) is 30.3 Å². The Morgan fingerprint density at radius 3 is 2.07 bits per heavy atom. The SMILES string of the molecule is C=C/C(=C/C(=O)CC(C)CC(C)CCC(O)C(C)C(=O)CC(O)C(C)C(C)OC(=O)C[C@@H](O)C1=C(C)C(=O)OC1=O)CC. The van der Waals surface area contributed by atoms with Crippen molar-refractivity contribution >= 4 is 29.5 Å². The molecule has 3 N–H and O–H groups in total. The highest BCUT2D eigenvalue weighted by atomic mass is 16.6. The third-order valence-electron chi connectivity index (χ3n) is 8.30. The Bertz CT molecular complexity index is 1090. The Labute approximate surface area is 255 Å². The molecule has 1 heterocycles. The zero-order valence-electron chi connectivity index (χ0n) is 26.6. The number of hydrogen-bond acceptors (Lipinski definition) is 10. The topological polar surface area (TPSA) is 164 Å². The van der Waals surface area contributed by atoms with Gasteiger partial charge in [-0.05, 0) is 63.0 Å². The second kappa shape index (κ2) is 18.0. The van der Waals surface area contributed by atoms with E-state index in [9.17, 15) is 39.3 Å². The van der Waals surface area contributed by atoms with Crippen LogP contribution in [0.3, 0.4) is 0 Å². The maximum absolute atomic E-state index is 12.8. The number of Topliss-reactive ketones (excluding diaryl/α,β-unsaturated/α-hetero) is 1. The van der Waals surface area contributed by atoms with Crippen LogP contribution in [0.5, 0.6) is 0 Å². The lowest BCUT2D eigenvalue weighted by Crippen LogP contribution is -2.36. The second-order valence-electron chi connectivity index (χ2n) is 12.1. The van der Waals surface area contributed by atoms with E-state index in [-0.39, 0.29) is 41.0 Å². The van der Waals surface area contributed by atoms with Crippen LogP contribution in [0, 0.1) is 23.7 Å². The average Bonchev–Trinajstić information content (AvgIpc) is 3.19. The maximum Gasteiger partial charge on any atom is 0.345 e. The number of esters is 3. The number of rotatable bonds is 20. The standard InChI is InChI=1S/C33H50O10/c1-9-24(10-2)15-25(34)14-19(4)13-18(3)11-12-26(35)21(6)28(37)16-27(36)20(5)23(8)42-30(39)17-29(38)31-22(7)32(40)43-33(31)41/h9,15,18-21,23,26-27,29,35-36,38H,1,10-14,16-17H2,2-8H3/b24-15-/t18?,19?,20?,21?,23?,26?,27?,29-/m1/s1. The summed E-state index contributed by atoms with van der Waals surface area (Å²) in [6, 6.07) is 0. The third-order valence-corrected chi connectivity index (χ3v) is 8.30. The molecule has 0 bridgehead atoms. The van der Waals surface area contributed by atoms with Crippen molar-refractivity contribution in [3.63, 3.8) is 0 Å². The highest BCUT2D eigenvalue weighted by Gasteiger charge is 2.36. The maximum atomic E-state index is 12.8. The third kappa shape index (κ3) is 12.3. The lowest BCUT2D eigenvalue weighted by Gasteiger charge is -2.27. The largest absolute Gasteiger partial charge is 0.462 e. The average molecular weight is 607 g/mol. The van der Waals surface area contributed by atoms with Gasteiger partial charge >= 0.3 is 17.9 Å². The predicted octanol–water partition coefficient (Wildman–Crippen LogP) is 3.95. The van der Waals surface area contributed by atoms with Crippen LogP contribution in [0.2, 0.25) is 0 Å². The minimum absolute atomic E-state index is 0.0736. The number of hydrogen-bond donors (Lipinski definition) is 3. The summed E-state index contributed by atoms with van der Waals surface area (Å²) in [5.41, 5.74) is 0.552. The number of allylic oxidation sites excluding steroid dienone is 3. The van der Waals surface area contributed by atoms with E-state index in [1.807, 2.05) is 13.8 Å². The molecule has 8 atom stereocenters. The number of carbonyl (C=O) groups is 5. The summed E-state index contributed by atoms with van der Waals surface area (Å²) in [5, 5.41) is 31.5. The van der Waals surface area contributed by atoms with E-state index in [0.717, 1.165) is 18.4 Å². The zero-order chi connectivity index (χ0) is 33.0. The van der Waals surface area contributed by atoms with Crippen LogP contribution in [-0.4, -0.2) is 69.2 Å². The van der Waals surface area contributed by atoms with Gasteiger partial charge in [0.15, 0.2) is 5.78 Å². The molecule has 0 saturated heterocycles. The van der Waals surface area contributed by atoms with E-state index in [4.69, 9.17) is 4.74 Å². The monoisotopic (exact) mass is 606 g/mol. The van der Waals surface area contributed by atoms with Crippen LogP contribution in [0.1, 0.15) is 93.4 Å². The van der Waals surface area contributed by atoms with Crippen molar-refractivity contribution in [3.05, 3.63) is 35.5 Å². The van der Waals surface area contributed by atoms with Crippen molar-refractivity contribution in [1.29, 1.82) is 0 Å². The molecule has 0 amide bonds. The van der Waals surface area contributed by atoms with Crippen molar-refractivity contribution in [2.45, 2.75) is 118 Å². The first kappa shape index (κ1) is 38.1. The molecule has 242 valence electrons. The second-order valence-corrected chi connectivity index (χ2v) is 12.1. The van der Waals surface area contributed by atoms with E-state index in [1.165, 1.54) is 13.8 Å². The molecule has 0 aromatic heterocycles. The number of carbonyl (C=O) groups excluding carboxylic acids is 5. The molecule has 43 heavy (non-hydrogen) atoms. The summed E-state index contributed by atoms with van der Waals surface area (Å²) in [6.07, 6.45) is 1.16. The quantitative estimate of drug-likeness (QED) is 0.0800. The Morgan fingerprint density at radius 1 is 0.907 bits per heavy atom.